The van der Waals surface area contributed by atoms with Gasteiger partial charge in [-0.25, -0.2) is 4.39 Å². The van der Waals surface area contributed by atoms with E-state index in [1.54, 1.807) is 14.0 Å². The molecule has 0 aliphatic heterocycles. The first kappa shape index (κ1) is 21.7. The first-order valence-corrected chi connectivity index (χ1v) is 10.3. The van der Waals surface area contributed by atoms with Crippen LogP contribution in [0.15, 0.2) is 72.8 Å². The maximum absolute atomic E-state index is 13.8. The number of carbonyl (C=O) groups is 1. The quantitative estimate of drug-likeness (QED) is 0.552. The molecule has 30 heavy (non-hydrogen) atoms. The summed E-state index contributed by atoms with van der Waals surface area (Å²) in [5.41, 5.74) is 5.04. The predicted octanol–water partition coefficient (Wildman–Crippen LogP) is 5.04. The van der Waals surface area contributed by atoms with Crippen molar-refractivity contribution < 1.29 is 9.18 Å². The molecule has 0 heterocycles. The molecule has 0 aromatic heterocycles. The largest absolute Gasteiger partial charge is 0.358 e. The van der Waals surface area contributed by atoms with Crippen LogP contribution in [0.3, 0.4) is 0 Å². The Kier molecular flexibility index (Phi) is 7.36. The minimum absolute atomic E-state index is 0.0642. The molecule has 3 rings (SSSR count). The summed E-state index contributed by atoms with van der Waals surface area (Å²) >= 11 is 0. The lowest BCUT2D eigenvalue weighted by Crippen LogP contribution is -2.36. The van der Waals surface area contributed by atoms with E-state index in [9.17, 15) is 9.18 Å². The number of benzene rings is 3. The number of carbonyl (C=O) groups excluding carboxylic acids is 1. The molecule has 3 aromatic rings. The Morgan fingerprint density at radius 1 is 0.900 bits per heavy atom. The van der Waals surface area contributed by atoms with Crippen molar-refractivity contribution in [3.63, 3.8) is 0 Å². The molecule has 0 aliphatic carbocycles. The van der Waals surface area contributed by atoms with Crippen LogP contribution in [0.1, 0.15) is 46.2 Å². The average Bonchev–Trinajstić information content (AvgIpc) is 2.77. The third-order valence-electron chi connectivity index (χ3n) is 5.49. The van der Waals surface area contributed by atoms with Gasteiger partial charge in [-0.15, -0.1) is 0 Å². The highest BCUT2D eigenvalue weighted by Crippen LogP contribution is 2.29. The topological polar surface area (TPSA) is 41.1 Å². The van der Waals surface area contributed by atoms with Crippen molar-refractivity contribution in [2.45, 2.75) is 32.2 Å². The second kappa shape index (κ2) is 10.2. The van der Waals surface area contributed by atoms with E-state index in [4.69, 9.17) is 0 Å². The van der Waals surface area contributed by atoms with Gasteiger partial charge >= 0.3 is 0 Å². The molecule has 2 atom stereocenters. The molecule has 3 aromatic carbocycles. The standard InChI is InChI=1S/C26H29FN2O/c1-18-9-11-20(12-10-18)23(22-13-14-24(27)19(2)17-22)15-16-29-25(26(30)28-3)21-7-5-4-6-8-21/h4-14,17,23,25,29H,15-16H2,1-3H3,(H,28,30)/t23?,25-/m0/s1. The SMILES string of the molecule is CNC(=O)[C@@H](NCCC(c1ccc(C)cc1)c1ccc(F)c(C)c1)c1ccccc1. The van der Waals surface area contributed by atoms with Crippen LogP contribution in [0.25, 0.3) is 0 Å². The van der Waals surface area contributed by atoms with Crippen molar-refractivity contribution in [2.24, 2.45) is 0 Å². The second-order valence-electron chi connectivity index (χ2n) is 7.67. The molecular formula is C26H29FN2O. The Hall–Kier alpha value is -2.98. The van der Waals surface area contributed by atoms with Gasteiger partial charge in [0.15, 0.2) is 0 Å². The molecular weight excluding hydrogens is 375 g/mol. The zero-order chi connectivity index (χ0) is 21.5. The fourth-order valence-electron chi connectivity index (χ4n) is 3.73. The van der Waals surface area contributed by atoms with Gasteiger partial charge in [0.1, 0.15) is 11.9 Å². The number of aryl methyl sites for hydroxylation is 2. The summed E-state index contributed by atoms with van der Waals surface area (Å²) in [7, 11) is 1.65. The molecule has 0 aliphatic rings. The molecule has 0 bridgehead atoms. The van der Waals surface area contributed by atoms with Gasteiger partial charge in [0.05, 0.1) is 0 Å². The van der Waals surface area contributed by atoms with Gasteiger partial charge in [0.2, 0.25) is 5.91 Å². The Morgan fingerprint density at radius 2 is 1.57 bits per heavy atom. The maximum Gasteiger partial charge on any atom is 0.241 e. The average molecular weight is 405 g/mol. The van der Waals surface area contributed by atoms with Crippen LogP contribution >= 0.6 is 0 Å². The fourth-order valence-corrected chi connectivity index (χ4v) is 3.73. The summed E-state index contributed by atoms with van der Waals surface area (Å²) in [5, 5.41) is 6.15. The minimum atomic E-state index is -0.412. The Bertz CT molecular complexity index is 970. The van der Waals surface area contributed by atoms with Gasteiger partial charge in [0.25, 0.3) is 0 Å². The normalized spacial score (nSPS) is 12.9. The van der Waals surface area contributed by atoms with Crippen LogP contribution in [-0.2, 0) is 4.79 Å². The van der Waals surface area contributed by atoms with Crippen molar-refractivity contribution >= 4 is 5.91 Å². The Morgan fingerprint density at radius 3 is 2.20 bits per heavy atom. The lowest BCUT2D eigenvalue weighted by Gasteiger charge is -2.22. The molecule has 1 unspecified atom stereocenters. The number of hydrogen-bond acceptors (Lipinski definition) is 2. The van der Waals surface area contributed by atoms with E-state index in [2.05, 4.69) is 41.8 Å². The summed E-state index contributed by atoms with van der Waals surface area (Å²) in [5.74, 6) is -0.146. The fraction of sp³-hybridized carbons (Fsp3) is 0.269. The smallest absolute Gasteiger partial charge is 0.241 e. The minimum Gasteiger partial charge on any atom is -0.358 e. The monoisotopic (exact) mass is 404 g/mol. The Balaban J connectivity index is 1.81. The molecule has 4 heteroatoms. The highest BCUT2D eigenvalue weighted by Gasteiger charge is 2.20. The van der Waals surface area contributed by atoms with Gasteiger partial charge in [-0.05, 0) is 55.1 Å². The van der Waals surface area contributed by atoms with Crippen LogP contribution in [0.5, 0.6) is 0 Å². The van der Waals surface area contributed by atoms with Crippen molar-refractivity contribution in [2.75, 3.05) is 13.6 Å². The Labute approximate surface area is 178 Å². The molecule has 0 saturated carbocycles. The number of halogens is 1. The zero-order valence-corrected chi connectivity index (χ0v) is 17.8. The van der Waals surface area contributed by atoms with E-state index in [-0.39, 0.29) is 17.6 Å². The number of hydrogen-bond donors (Lipinski definition) is 2. The van der Waals surface area contributed by atoms with Crippen LogP contribution in [0.2, 0.25) is 0 Å². The first-order valence-electron chi connectivity index (χ1n) is 10.3. The van der Waals surface area contributed by atoms with Gasteiger partial charge in [0, 0.05) is 13.0 Å². The maximum atomic E-state index is 13.8. The number of nitrogens with one attached hydrogen (secondary N) is 2. The van der Waals surface area contributed by atoms with Crippen molar-refractivity contribution in [3.05, 3.63) is 106 Å². The number of rotatable bonds is 8. The van der Waals surface area contributed by atoms with Crippen LogP contribution in [0, 0.1) is 19.7 Å². The van der Waals surface area contributed by atoms with E-state index < -0.39 is 6.04 Å². The van der Waals surface area contributed by atoms with E-state index in [0.29, 0.717) is 12.1 Å². The highest BCUT2D eigenvalue weighted by molar-refractivity contribution is 5.82. The van der Waals surface area contributed by atoms with Crippen LogP contribution in [-0.4, -0.2) is 19.5 Å². The van der Waals surface area contributed by atoms with Gasteiger partial charge in [-0.3, -0.25) is 4.79 Å². The van der Waals surface area contributed by atoms with Crippen LogP contribution in [0.4, 0.5) is 4.39 Å². The second-order valence-corrected chi connectivity index (χ2v) is 7.67. The molecule has 156 valence electrons. The summed E-state index contributed by atoms with van der Waals surface area (Å²) in [6, 6.07) is 23.1. The number of likely N-dealkylation sites (N-methyl/N-ethyl adjacent to an activating group) is 1. The third kappa shape index (κ3) is 5.33. The summed E-state index contributed by atoms with van der Waals surface area (Å²) in [6.45, 7) is 4.50. The molecule has 0 fully saturated rings. The highest BCUT2D eigenvalue weighted by atomic mass is 19.1. The molecule has 2 N–H and O–H groups in total. The van der Waals surface area contributed by atoms with E-state index in [0.717, 1.165) is 17.5 Å². The molecule has 0 radical (unpaired) electrons. The summed E-state index contributed by atoms with van der Waals surface area (Å²) in [6.07, 6.45) is 0.786. The summed E-state index contributed by atoms with van der Waals surface area (Å²) < 4.78 is 13.8. The zero-order valence-electron chi connectivity index (χ0n) is 17.8. The predicted molar refractivity (Wildman–Crippen MR) is 120 cm³/mol. The molecule has 3 nitrogen and oxygen atoms in total. The lowest BCUT2D eigenvalue weighted by molar-refractivity contribution is -0.122. The molecule has 0 saturated heterocycles. The van der Waals surface area contributed by atoms with Gasteiger partial charge in [-0.1, -0.05) is 72.3 Å². The van der Waals surface area contributed by atoms with E-state index >= 15 is 0 Å². The summed E-state index contributed by atoms with van der Waals surface area (Å²) in [4.78, 5) is 12.4. The molecule has 0 spiro atoms. The first-order chi connectivity index (χ1) is 14.5. The van der Waals surface area contributed by atoms with Crippen LogP contribution < -0.4 is 10.6 Å². The molecule has 1 amide bonds. The van der Waals surface area contributed by atoms with E-state index in [1.807, 2.05) is 42.5 Å². The van der Waals surface area contributed by atoms with E-state index in [1.165, 1.54) is 17.2 Å². The third-order valence-corrected chi connectivity index (χ3v) is 5.49. The number of amides is 1. The lowest BCUT2D eigenvalue weighted by atomic mass is 9.87. The van der Waals surface area contributed by atoms with Gasteiger partial charge in [-0.2, -0.15) is 0 Å². The van der Waals surface area contributed by atoms with Gasteiger partial charge < -0.3 is 10.6 Å². The van der Waals surface area contributed by atoms with Crippen molar-refractivity contribution in [1.29, 1.82) is 0 Å². The van der Waals surface area contributed by atoms with Crippen molar-refractivity contribution in [3.8, 4) is 0 Å². The van der Waals surface area contributed by atoms with Crippen molar-refractivity contribution in [1.82, 2.24) is 10.6 Å².